The summed E-state index contributed by atoms with van der Waals surface area (Å²) in [6.45, 7) is 3.24. The van der Waals surface area contributed by atoms with E-state index in [9.17, 15) is 27.6 Å². The van der Waals surface area contributed by atoms with E-state index in [1.807, 2.05) is 13.0 Å². The summed E-state index contributed by atoms with van der Waals surface area (Å²) >= 11 is 0. The molecule has 0 spiro atoms. The smallest absolute Gasteiger partial charge is 0.347 e. The van der Waals surface area contributed by atoms with Crippen molar-refractivity contribution in [2.75, 3.05) is 0 Å². The Morgan fingerprint density at radius 3 is 2.64 bits per heavy atom. The molecule has 200 valence electrons. The first-order valence-corrected chi connectivity index (χ1v) is 12.1. The van der Waals surface area contributed by atoms with Crippen LogP contribution in [0.3, 0.4) is 0 Å². The van der Waals surface area contributed by atoms with E-state index in [1.54, 1.807) is 6.07 Å². The van der Waals surface area contributed by atoms with Crippen LogP contribution in [0.2, 0.25) is 0 Å². The van der Waals surface area contributed by atoms with Crippen LogP contribution in [0.1, 0.15) is 78.5 Å². The lowest BCUT2D eigenvalue weighted by Gasteiger charge is -2.16. The van der Waals surface area contributed by atoms with E-state index in [0.717, 1.165) is 28.8 Å². The Morgan fingerprint density at radius 2 is 1.90 bits per heavy atom. The Bertz CT molecular complexity index is 1630. The molecule has 0 unspecified atom stereocenters. The van der Waals surface area contributed by atoms with Gasteiger partial charge >= 0.3 is 6.18 Å². The van der Waals surface area contributed by atoms with Crippen LogP contribution in [0.15, 0.2) is 48.8 Å². The number of ketones is 1. The van der Waals surface area contributed by atoms with Gasteiger partial charge in [-0.15, -0.1) is 0 Å². The van der Waals surface area contributed by atoms with Crippen molar-refractivity contribution in [3.05, 3.63) is 93.6 Å². The topological polar surface area (TPSA) is 118 Å². The average Bonchev–Trinajstić information content (AvgIpc) is 3.54. The number of carbonyl (C=O) groups is 3. The second kappa shape index (κ2) is 9.93. The summed E-state index contributed by atoms with van der Waals surface area (Å²) in [6, 6.07) is 9.19. The fourth-order valence-electron chi connectivity index (χ4n) is 4.86. The van der Waals surface area contributed by atoms with Crippen molar-refractivity contribution >= 4 is 23.4 Å². The monoisotopic (exact) mass is 536 g/mol. The maximum atomic E-state index is 13.3. The van der Waals surface area contributed by atoms with Gasteiger partial charge in [0.1, 0.15) is 17.7 Å². The molecule has 0 bridgehead atoms. The highest BCUT2D eigenvalue weighted by atomic mass is 19.4. The molecule has 0 saturated heterocycles. The van der Waals surface area contributed by atoms with E-state index < -0.39 is 23.6 Å². The third kappa shape index (κ3) is 5.09. The molecule has 2 amide bonds. The Balaban J connectivity index is 1.36. The molecule has 2 aromatic heterocycles. The molecular weight excluding hydrogens is 513 g/mol. The van der Waals surface area contributed by atoms with E-state index in [0.29, 0.717) is 18.4 Å². The number of amides is 2. The molecule has 0 radical (unpaired) electrons. The minimum atomic E-state index is -4.50. The zero-order valence-corrected chi connectivity index (χ0v) is 21.0. The van der Waals surface area contributed by atoms with Crippen molar-refractivity contribution in [3.63, 3.8) is 0 Å². The van der Waals surface area contributed by atoms with Crippen molar-refractivity contribution in [1.29, 1.82) is 0 Å². The van der Waals surface area contributed by atoms with Gasteiger partial charge in [0.05, 0.1) is 11.6 Å². The van der Waals surface area contributed by atoms with Gasteiger partial charge in [0.2, 0.25) is 0 Å². The molecule has 0 aliphatic heterocycles. The number of hydrogen-bond donors (Lipinski definition) is 2. The van der Waals surface area contributed by atoms with E-state index >= 15 is 0 Å². The second-order valence-corrected chi connectivity index (χ2v) is 9.31. The number of alkyl halides is 3. The third-order valence-electron chi connectivity index (χ3n) is 6.80. The number of nitrogens with zero attached hydrogens (tertiary/aromatic N) is 4. The van der Waals surface area contributed by atoms with Crippen LogP contribution >= 0.6 is 0 Å². The van der Waals surface area contributed by atoms with Crippen LogP contribution < -0.4 is 10.6 Å². The molecular formula is C27H23F3N6O3. The number of nitrogens with one attached hydrogen (secondary N) is 2. The number of hydrogen-bond acceptors (Lipinski definition) is 6. The number of carbonyl (C=O) groups excluding carboxylic acids is 3. The minimum Gasteiger partial charge on any atom is -0.347 e. The van der Waals surface area contributed by atoms with Crippen molar-refractivity contribution in [1.82, 2.24) is 30.2 Å². The molecule has 2 aromatic carbocycles. The Hall–Kier alpha value is -4.61. The number of halogens is 3. The summed E-state index contributed by atoms with van der Waals surface area (Å²) in [5.74, 6) is -1.20. The van der Waals surface area contributed by atoms with Crippen molar-refractivity contribution in [2.24, 2.45) is 0 Å². The summed E-state index contributed by atoms with van der Waals surface area (Å²) in [4.78, 5) is 46.2. The first-order chi connectivity index (χ1) is 18.5. The Labute approximate surface area is 220 Å². The predicted molar refractivity (Wildman–Crippen MR) is 133 cm³/mol. The van der Waals surface area contributed by atoms with Crippen LogP contribution in [0.25, 0.3) is 5.78 Å². The number of Topliss-reactive ketones (excluding diaryl/α,β-unsaturated/α-hetero) is 1. The van der Waals surface area contributed by atoms with Crippen molar-refractivity contribution in [3.8, 4) is 0 Å². The number of rotatable bonds is 6. The van der Waals surface area contributed by atoms with Gasteiger partial charge < -0.3 is 10.6 Å². The van der Waals surface area contributed by atoms with Crippen LogP contribution in [-0.2, 0) is 19.1 Å². The summed E-state index contributed by atoms with van der Waals surface area (Å²) in [7, 11) is 0. The molecule has 0 saturated carbocycles. The molecule has 12 heteroatoms. The maximum absolute atomic E-state index is 13.3. The lowest BCUT2D eigenvalue weighted by molar-refractivity contribution is -0.137. The maximum Gasteiger partial charge on any atom is 0.416 e. The molecule has 2 heterocycles. The zero-order valence-electron chi connectivity index (χ0n) is 21.0. The van der Waals surface area contributed by atoms with E-state index in [4.69, 9.17) is 0 Å². The molecule has 2 N–H and O–H groups in total. The molecule has 9 nitrogen and oxygen atoms in total. The predicted octanol–water partition coefficient (Wildman–Crippen LogP) is 4.00. The molecule has 1 aliphatic rings. The number of aromatic nitrogens is 4. The van der Waals surface area contributed by atoms with Gasteiger partial charge in [0.25, 0.3) is 17.6 Å². The van der Waals surface area contributed by atoms with Gasteiger partial charge in [0, 0.05) is 18.2 Å². The quantitative estimate of drug-likeness (QED) is 0.360. The normalized spacial score (nSPS) is 14.7. The Morgan fingerprint density at radius 1 is 1.10 bits per heavy atom. The highest BCUT2D eigenvalue weighted by molar-refractivity contribution is 5.98. The fourth-order valence-corrected chi connectivity index (χ4v) is 4.86. The van der Waals surface area contributed by atoms with E-state index in [1.165, 1.54) is 36.0 Å². The third-order valence-corrected chi connectivity index (χ3v) is 6.80. The van der Waals surface area contributed by atoms with Crippen LogP contribution in [-0.4, -0.2) is 37.2 Å². The molecule has 5 rings (SSSR count). The summed E-state index contributed by atoms with van der Waals surface area (Å²) in [5.41, 5.74) is 2.82. The second-order valence-electron chi connectivity index (χ2n) is 9.31. The van der Waals surface area contributed by atoms with Crippen LogP contribution in [0.4, 0.5) is 13.2 Å². The molecule has 1 atom stereocenters. The highest BCUT2D eigenvalue weighted by Gasteiger charge is 2.31. The highest BCUT2D eigenvalue weighted by Crippen LogP contribution is 2.35. The minimum absolute atomic E-state index is 0.0145. The van der Waals surface area contributed by atoms with Crippen LogP contribution in [0.5, 0.6) is 0 Å². The van der Waals surface area contributed by atoms with Gasteiger partial charge in [-0.1, -0.05) is 24.3 Å². The first-order valence-electron chi connectivity index (χ1n) is 12.1. The van der Waals surface area contributed by atoms with E-state index in [-0.39, 0.29) is 41.1 Å². The van der Waals surface area contributed by atoms with E-state index in [2.05, 4.69) is 25.7 Å². The van der Waals surface area contributed by atoms with Gasteiger partial charge in [-0.3, -0.25) is 14.4 Å². The lowest BCUT2D eigenvalue weighted by Crippen LogP contribution is -2.30. The van der Waals surface area contributed by atoms with Crippen molar-refractivity contribution < 1.29 is 27.6 Å². The number of benzene rings is 2. The average molecular weight is 537 g/mol. The molecule has 1 aliphatic carbocycles. The summed E-state index contributed by atoms with van der Waals surface area (Å²) in [5, 5.41) is 9.55. The van der Waals surface area contributed by atoms with Gasteiger partial charge in [0.15, 0.2) is 5.78 Å². The summed E-state index contributed by atoms with van der Waals surface area (Å²) in [6.07, 6.45) is -1.97. The molecule has 4 aromatic rings. The fraction of sp³-hybridized carbons (Fsp3) is 0.259. The largest absolute Gasteiger partial charge is 0.416 e. The van der Waals surface area contributed by atoms with Gasteiger partial charge in [-0.2, -0.15) is 27.8 Å². The van der Waals surface area contributed by atoms with Gasteiger partial charge in [-0.25, -0.2) is 4.98 Å². The molecule has 0 fully saturated rings. The SMILES string of the molecule is CC(=O)c1ccc2c(c1C)CC[C@@H]2NC(=O)c1cc(C(=O)NCc2cccc(C(F)(F)F)c2)nc2ncnn12. The number of fused-ring (bicyclic) bond motifs is 2. The van der Waals surface area contributed by atoms with Gasteiger partial charge in [-0.05, 0) is 61.1 Å². The summed E-state index contributed by atoms with van der Waals surface area (Å²) < 4.78 is 40.2. The van der Waals surface area contributed by atoms with Crippen LogP contribution in [0, 0.1) is 6.92 Å². The first kappa shape index (κ1) is 26.0. The lowest BCUT2D eigenvalue weighted by atomic mass is 9.96. The zero-order chi connectivity index (χ0) is 27.9. The Kier molecular flexibility index (Phi) is 6.62. The standard InChI is InChI=1S/C27H23F3N6O3/c1-14-18(15(2)37)6-7-20-19(14)8-9-21(20)34-25(39)23-11-22(35-26-32-13-33-36(23)26)24(38)31-12-16-4-3-5-17(10-16)27(28,29)30/h3-7,10-11,13,21H,8-9,12H2,1-2H3,(H,31,38)(H,34,39)/t21-/m0/s1. The van der Waals surface area contributed by atoms with Crippen molar-refractivity contribution in [2.45, 2.75) is 45.5 Å². The molecule has 39 heavy (non-hydrogen) atoms.